The molecule has 0 saturated carbocycles. The molecule has 2 aliphatic heterocycles. The van der Waals surface area contributed by atoms with Gasteiger partial charge in [-0.3, -0.25) is 0 Å². The van der Waals surface area contributed by atoms with Crippen molar-refractivity contribution in [1.29, 1.82) is 0 Å². The number of halogens is 1. The molecule has 0 aromatic heterocycles. The third-order valence-corrected chi connectivity index (χ3v) is 4.14. The van der Waals surface area contributed by atoms with Crippen LogP contribution in [0.25, 0.3) is 0 Å². The molecule has 16 heavy (non-hydrogen) atoms. The summed E-state index contributed by atoms with van der Waals surface area (Å²) in [7, 11) is 0. The largest absolute Gasteiger partial charge is 0.381 e. The van der Waals surface area contributed by atoms with Gasteiger partial charge in [0, 0.05) is 26.3 Å². The van der Waals surface area contributed by atoms with Crippen LogP contribution in [0.2, 0.25) is 0 Å². The highest BCUT2D eigenvalue weighted by Gasteiger charge is 2.36. The molecule has 3 heteroatoms. The molecule has 2 saturated heterocycles. The number of piperidine rings is 1. The van der Waals surface area contributed by atoms with Gasteiger partial charge in [-0.05, 0) is 51.0 Å². The van der Waals surface area contributed by atoms with Crippen molar-refractivity contribution in [3.63, 3.8) is 0 Å². The number of nitrogens with zero attached hydrogens (tertiary/aromatic N) is 1. The van der Waals surface area contributed by atoms with Gasteiger partial charge in [-0.1, -0.05) is 0 Å². The average Bonchev–Trinajstić information content (AvgIpc) is 2.28. The number of rotatable bonds is 3. The van der Waals surface area contributed by atoms with E-state index in [1.165, 1.54) is 32.2 Å². The Bertz CT molecular complexity index is 208. The van der Waals surface area contributed by atoms with E-state index in [9.17, 15) is 4.39 Å². The molecule has 0 aromatic rings. The highest BCUT2D eigenvalue weighted by Crippen LogP contribution is 2.39. The summed E-state index contributed by atoms with van der Waals surface area (Å²) in [4.78, 5) is 2.46. The maximum atomic E-state index is 12.8. The molecule has 2 rings (SSSR count). The van der Waals surface area contributed by atoms with E-state index in [1.54, 1.807) is 6.92 Å². The van der Waals surface area contributed by atoms with Crippen molar-refractivity contribution >= 4 is 0 Å². The van der Waals surface area contributed by atoms with Crippen LogP contribution in [0.5, 0.6) is 0 Å². The van der Waals surface area contributed by atoms with Crippen LogP contribution in [-0.2, 0) is 4.74 Å². The van der Waals surface area contributed by atoms with Crippen LogP contribution in [0, 0.1) is 5.41 Å². The molecule has 1 unspecified atom stereocenters. The standard InChI is InChI=1S/C13H24FNO/c1-12(14)3-8-15-7-2-4-13(11-15)5-9-16-10-6-13/h12H,2-11H2,1H3. The smallest absolute Gasteiger partial charge is 0.0985 e. The van der Waals surface area contributed by atoms with Gasteiger partial charge in [-0.25, -0.2) is 4.39 Å². The molecule has 2 heterocycles. The van der Waals surface area contributed by atoms with Gasteiger partial charge in [0.05, 0.1) is 6.17 Å². The predicted molar refractivity (Wildman–Crippen MR) is 63.3 cm³/mol. The van der Waals surface area contributed by atoms with Crippen LogP contribution in [0.3, 0.4) is 0 Å². The summed E-state index contributed by atoms with van der Waals surface area (Å²) in [5.41, 5.74) is 0.496. The molecule has 0 N–H and O–H groups in total. The second-order valence-corrected chi connectivity index (χ2v) is 5.56. The summed E-state index contributed by atoms with van der Waals surface area (Å²) in [5, 5.41) is 0. The van der Waals surface area contributed by atoms with Gasteiger partial charge in [0.15, 0.2) is 0 Å². The second kappa shape index (κ2) is 5.46. The molecule has 0 aromatic carbocycles. The van der Waals surface area contributed by atoms with Gasteiger partial charge in [0.1, 0.15) is 0 Å². The molecule has 0 amide bonds. The Morgan fingerprint density at radius 1 is 1.31 bits per heavy atom. The quantitative estimate of drug-likeness (QED) is 0.737. The minimum atomic E-state index is -0.660. The Labute approximate surface area is 98.1 Å². The van der Waals surface area contributed by atoms with Gasteiger partial charge < -0.3 is 9.64 Å². The monoisotopic (exact) mass is 229 g/mol. The van der Waals surface area contributed by atoms with Crippen LogP contribution in [0.4, 0.5) is 4.39 Å². The SMILES string of the molecule is CC(F)CCN1CCCC2(CCOCC2)C1. The van der Waals surface area contributed by atoms with Crippen LogP contribution in [0.15, 0.2) is 0 Å². The second-order valence-electron chi connectivity index (χ2n) is 5.56. The first kappa shape index (κ1) is 12.3. The molecular weight excluding hydrogens is 205 g/mol. The summed E-state index contributed by atoms with van der Waals surface area (Å²) in [6.07, 6.45) is 5.06. The molecule has 0 aliphatic carbocycles. The predicted octanol–water partition coefficient (Wildman–Crippen LogP) is 2.63. The van der Waals surface area contributed by atoms with Gasteiger partial charge in [0.25, 0.3) is 0 Å². The Balaban J connectivity index is 1.83. The Hall–Kier alpha value is -0.150. The average molecular weight is 229 g/mol. The van der Waals surface area contributed by atoms with Crippen LogP contribution in [-0.4, -0.2) is 43.9 Å². The highest BCUT2D eigenvalue weighted by molar-refractivity contribution is 4.88. The van der Waals surface area contributed by atoms with Gasteiger partial charge in [0.2, 0.25) is 0 Å². The van der Waals surface area contributed by atoms with E-state index in [0.29, 0.717) is 11.8 Å². The third kappa shape index (κ3) is 3.17. The van der Waals surface area contributed by atoms with Crippen LogP contribution in [0.1, 0.15) is 39.0 Å². The van der Waals surface area contributed by atoms with Crippen molar-refractivity contribution < 1.29 is 9.13 Å². The number of hydrogen-bond donors (Lipinski definition) is 0. The number of hydrogen-bond acceptors (Lipinski definition) is 2. The fraction of sp³-hybridized carbons (Fsp3) is 1.00. The van der Waals surface area contributed by atoms with Gasteiger partial charge in [-0.2, -0.15) is 0 Å². The normalized spacial score (nSPS) is 28.1. The van der Waals surface area contributed by atoms with Crippen LogP contribution < -0.4 is 0 Å². The molecule has 2 aliphatic rings. The Kier molecular flexibility index (Phi) is 4.20. The van der Waals surface area contributed by atoms with Crippen molar-refractivity contribution in [1.82, 2.24) is 4.90 Å². The molecule has 1 spiro atoms. The van der Waals surface area contributed by atoms with Crippen molar-refractivity contribution in [2.45, 2.75) is 45.2 Å². The lowest BCUT2D eigenvalue weighted by Gasteiger charge is -2.45. The summed E-state index contributed by atoms with van der Waals surface area (Å²) in [6, 6.07) is 0. The molecule has 0 bridgehead atoms. The van der Waals surface area contributed by atoms with E-state index in [-0.39, 0.29) is 0 Å². The Morgan fingerprint density at radius 2 is 2.06 bits per heavy atom. The summed E-state index contributed by atoms with van der Waals surface area (Å²) in [5.74, 6) is 0. The van der Waals surface area contributed by atoms with E-state index in [4.69, 9.17) is 4.74 Å². The number of ether oxygens (including phenoxy) is 1. The zero-order chi connectivity index (χ0) is 11.4. The summed E-state index contributed by atoms with van der Waals surface area (Å²) in [6.45, 7) is 6.77. The highest BCUT2D eigenvalue weighted by atomic mass is 19.1. The molecular formula is C13H24FNO. The molecule has 94 valence electrons. The zero-order valence-corrected chi connectivity index (χ0v) is 10.4. The minimum Gasteiger partial charge on any atom is -0.381 e. The zero-order valence-electron chi connectivity index (χ0n) is 10.4. The van der Waals surface area contributed by atoms with Crippen molar-refractivity contribution in [2.24, 2.45) is 5.41 Å². The van der Waals surface area contributed by atoms with Crippen molar-refractivity contribution in [2.75, 3.05) is 32.8 Å². The van der Waals surface area contributed by atoms with Crippen molar-refractivity contribution in [3.05, 3.63) is 0 Å². The summed E-state index contributed by atoms with van der Waals surface area (Å²) < 4.78 is 18.3. The van der Waals surface area contributed by atoms with E-state index in [0.717, 1.165) is 26.3 Å². The number of likely N-dealkylation sites (tertiary alicyclic amines) is 1. The van der Waals surface area contributed by atoms with Gasteiger partial charge >= 0.3 is 0 Å². The molecule has 2 fully saturated rings. The minimum absolute atomic E-state index is 0.496. The third-order valence-electron chi connectivity index (χ3n) is 4.14. The lowest BCUT2D eigenvalue weighted by molar-refractivity contribution is -0.0283. The first-order valence-electron chi connectivity index (χ1n) is 6.64. The van der Waals surface area contributed by atoms with E-state index < -0.39 is 6.17 Å². The maximum absolute atomic E-state index is 12.8. The van der Waals surface area contributed by atoms with E-state index in [2.05, 4.69) is 4.90 Å². The fourth-order valence-electron chi connectivity index (χ4n) is 3.07. The topological polar surface area (TPSA) is 12.5 Å². The lowest BCUT2D eigenvalue weighted by atomic mass is 9.74. The molecule has 2 nitrogen and oxygen atoms in total. The lowest BCUT2D eigenvalue weighted by Crippen LogP contribution is -2.46. The maximum Gasteiger partial charge on any atom is 0.0985 e. The molecule has 1 atom stereocenters. The van der Waals surface area contributed by atoms with Crippen molar-refractivity contribution in [3.8, 4) is 0 Å². The molecule has 0 radical (unpaired) electrons. The van der Waals surface area contributed by atoms with Gasteiger partial charge in [-0.15, -0.1) is 0 Å². The summed E-state index contributed by atoms with van der Waals surface area (Å²) >= 11 is 0. The fourth-order valence-corrected chi connectivity index (χ4v) is 3.07. The number of alkyl halides is 1. The van der Waals surface area contributed by atoms with E-state index in [1.807, 2.05) is 0 Å². The Morgan fingerprint density at radius 3 is 2.75 bits per heavy atom. The first-order chi connectivity index (χ1) is 7.70. The van der Waals surface area contributed by atoms with Crippen LogP contribution >= 0.6 is 0 Å². The van der Waals surface area contributed by atoms with E-state index >= 15 is 0 Å². The first-order valence-corrected chi connectivity index (χ1v) is 6.64.